The molecule has 0 spiro atoms. The average Bonchev–Trinajstić information content (AvgIpc) is 2.73. The average molecular weight is 232 g/mol. The summed E-state index contributed by atoms with van der Waals surface area (Å²) in [6, 6.07) is 7.56. The molecule has 0 N–H and O–H groups in total. The van der Waals surface area contributed by atoms with E-state index in [0.29, 0.717) is 17.2 Å². The van der Waals surface area contributed by atoms with Crippen molar-refractivity contribution in [1.82, 2.24) is 5.16 Å². The maximum atomic E-state index is 13.2. The number of ether oxygens (including phenoxy) is 1. The summed E-state index contributed by atoms with van der Waals surface area (Å²) in [5.74, 6) is 0.443. The van der Waals surface area contributed by atoms with Crippen molar-refractivity contribution in [2.45, 2.75) is 13.5 Å². The van der Waals surface area contributed by atoms with Gasteiger partial charge in [-0.15, -0.1) is 0 Å². The summed E-state index contributed by atoms with van der Waals surface area (Å²) in [7, 11) is 0. The summed E-state index contributed by atoms with van der Waals surface area (Å²) < 4.78 is 23.4. The largest absolute Gasteiger partial charge is 0.487 e. The second-order valence-corrected chi connectivity index (χ2v) is 3.47. The van der Waals surface area contributed by atoms with E-state index in [-0.39, 0.29) is 12.2 Å². The molecule has 17 heavy (non-hydrogen) atoms. The quantitative estimate of drug-likeness (QED) is 0.816. The van der Waals surface area contributed by atoms with Crippen LogP contribution in [0, 0.1) is 24.1 Å². The summed E-state index contributed by atoms with van der Waals surface area (Å²) in [4.78, 5) is 0. The monoisotopic (exact) mass is 232 g/mol. The minimum absolute atomic E-state index is 0.00497. The maximum absolute atomic E-state index is 13.2. The Morgan fingerprint density at radius 3 is 2.88 bits per heavy atom. The minimum Gasteiger partial charge on any atom is -0.487 e. The van der Waals surface area contributed by atoms with Crippen molar-refractivity contribution < 1.29 is 13.7 Å². The Bertz CT molecular complexity index is 572. The summed E-state index contributed by atoms with van der Waals surface area (Å²) in [5.41, 5.74) is 0.627. The number of aromatic nitrogens is 1. The Kier molecular flexibility index (Phi) is 3.06. The molecule has 0 aliphatic rings. The normalized spacial score (nSPS) is 9.94. The molecule has 2 aromatic rings. The zero-order valence-corrected chi connectivity index (χ0v) is 9.11. The van der Waals surface area contributed by atoms with Crippen LogP contribution in [0.1, 0.15) is 17.0 Å². The van der Waals surface area contributed by atoms with E-state index in [2.05, 4.69) is 5.16 Å². The van der Waals surface area contributed by atoms with E-state index >= 15 is 0 Å². The van der Waals surface area contributed by atoms with Gasteiger partial charge in [-0.2, -0.15) is 5.26 Å². The van der Waals surface area contributed by atoms with E-state index in [0.717, 1.165) is 0 Å². The van der Waals surface area contributed by atoms with Crippen molar-refractivity contribution in [3.05, 3.63) is 47.1 Å². The topological polar surface area (TPSA) is 59.0 Å². The number of aryl methyl sites for hydroxylation is 1. The third-order valence-electron chi connectivity index (χ3n) is 2.12. The predicted molar refractivity (Wildman–Crippen MR) is 56.7 cm³/mol. The zero-order valence-electron chi connectivity index (χ0n) is 9.11. The Hall–Kier alpha value is -2.35. The Balaban J connectivity index is 2.05. The van der Waals surface area contributed by atoms with Crippen LogP contribution in [0.15, 0.2) is 28.8 Å². The fourth-order valence-corrected chi connectivity index (χ4v) is 1.32. The summed E-state index contributed by atoms with van der Waals surface area (Å²) in [5, 5.41) is 12.3. The van der Waals surface area contributed by atoms with Gasteiger partial charge < -0.3 is 9.26 Å². The number of rotatable bonds is 3. The van der Waals surface area contributed by atoms with Crippen LogP contribution in [0.3, 0.4) is 0 Å². The van der Waals surface area contributed by atoms with Gasteiger partial charge in [-0.05, 0) is 19.1 Å². The highest BCUT2D eigenvalue weighted by Crippen LogP contribution is 2.17. The van der Waals surface area contributed by atoms with Crippen LogP contribution < -0.4 is 4.74 Å². The molecule has 5 heteroatoms. The van der Waals surface area contributed by atoms with E-state index in [1.807, 2.05) is 0 Å². The molecule has 0 radical (unpaired) electrons. The second kappa shape index (κ2) is 4.66. The molecule has 1 heterocycles. The first-order valence-electron chi connectivity index (χ1n) is 4.93. The molecule has 0 aliphatic heterocycles. The van der Waals surface area contributed by atoms with Crippen molar-refractivity contribution in [2.24, 2.45) is 0 Å². The second-order valence-electron chi connectivity index (χ2n) is 3.47. The van der Waals surface area contributed by atoms with E-state index in [4.69, 9.17) is 14.5 Å². The van der Waals surface area contributed by atoms with Gasteiger partial charge in [-0.3, -0.25) is 0 Å². The lowest BCUT2D eigenvalue weighted by molar-refractivity contribution is 0.286. The number of halogens is 1. The SMILES string of the molecule is Cc1cc(COc2ccc(C#N)c(F)c2)no1. The van der Waals surface area contributed by atoms with E-state index in [9.17, 15) is 4.39 Å². The third kappa shape index (κ3) is 2.61. The van der Waals surface area contributed by atoms with Crippen LogP contribution in [0.4, 0.5) is 4.39 Å². The van der Waals surface area contributed by atoms with Crippen molar-refractivity contribution in [1.29, 1.82) is 5.26 Å². The third-order valence-corrected chi connectivity index (χ3v) is 2.12. The van der Waals surface area contributed by atoms with Gasteiger partial charge in [-0.1, -0.05) is 5.16 Å². The number of nitrogens with zero attached hydrogens (tertiary/aromatic N) is 2. The predicted octanol–water partition coefficient (Wildman–Crippen LogP) is 2.57. The molecule has 1 aromatic carbocycles. The fraction of sp³-hybridized carbons (Fsp3) is 0.167. The molecule has 86 valence electrons. The lowest BCUT2D eigenvalue weighted by Gasteiger charge is -2.03. The first-order valence-corrected chi connectivity index (χ1v) is 4.93. The number of benzene rings is 1. The van der Waals surface area contributed by atoms with Gasteiger partial charge in [0.25, 0.3) is 0 Å². The van der Waals surface area contributed by atoms with Crippen LogP contribution in [0.25, 0.3) is 0 Å². The van der Waals surface area contributed by atoms with Gasteiger partial charge in [0.1, 0.15) is 35.7 Å². The van der Waals surface area contributed by atoms with Crippen LogP contribution in [0.2, 0.25) is 0 Å². The van der Waals surface area contributed by atoms with E-state index in [1.165, 1.54) is 18.2 Å². The van der Waals surface area contributed by atoms with Crippen LogP contribution in [-0.2, 0) is 6.61 Å². The van der Waals surface area contributed by atoms with Crippen LogP contribution in [-0.4, -0.2) is 5.16 Å². The molecule has 0 aliphatic carbocycles. The summed E-state index contributed by atoms with van der Waals surface area (Å²) in [6.07, 6.45) is 0. The Morgan fingerprint density at radius 2 is 2.29 bits per heavy atom. The molecule has 4 nitrogen and oxygen atoms in total. The highest BCUT2D eigenvalue weighted by molar-refractivity contribution is 5.36. The maximum Gasteiger partial charge on any atom is 0.144 e. The molecule has 0 atom stereocenters. The molecule has 1 aromatic heterocycles. The first kappa shape index (κ1) is 11.1. The van der Waals surface area contributed by atoms with Crippen molar-refractivity contribution in [3.8, 4) is 11.8 Å². The fourth-order valence-electron chi connectivity index (χ4n) is 1.32. The van der Waals surface area contributed by atoms with Gasteiger partial charge in [0.05, 0.1) is 5.56 Å². The lowest BCUT2D eigenvalue weighted by Crippen LogP contribution is -1.96. The molecule has 0 amide bonds. The van der Waals surface area contributed by atoms with Gasteiger partial charge >= 0.3 is 0 Å². The van der Waals surface area contributed by atoms with Crippen molar-refractivity contribution in [2.75, 3.05) is 0 Å². The Morgan fingerprint density at radius 1 is 1.47 bits per heavy atom. The van der Waals surface area contributed by atoms with E-state index < -0.39 is 5.82 Å². The molecule has 0 bridgehead atoms. The molecule has 0 unspecified atom stereocenters. The van der Waals surface area contributed by atoms with Gasteiger partial charge in [-0.25, -0.2) is 4.39 Å². The first-order chi connectivity index (χ1) is 8.19. The molecule has 0 saturated carbocycles. The Labute approximate surface area is 97.2 Å². The van der Waals surface area contributed by atoms with Gasteiger partial charge in [0.2, 0.25) is 0 Å². The number of hydrogen-bond acceptors (Lipinski definition) is 4. The zero-order chi connectivity index (χ0) is 12.3. The molecular formula is C12H9FN2O2. The lowest BCUT2D eigenvalue weighted by atomic mass is 10.2. The minimum atomic E-state index is -0.596. The molecule has 2 rings (SSSR count). The number of nitriles is 1. The van der Waals surface area contributed by atoms with E-state index in [1.54, 1.807) is 19.1 Å². The smallest absolute Gasteiger partial charge is 0.144 e. The van der Waals surface area contributed by atoms with Crippen molar-refractivity contribution in [3.63, 3.8) is 0 Å². The van der Waals surface area contributed by atoms with Crippen LogP contribution in [0.5, 0.6) is 5.75 Å². The molecule has 0 saturated heterocycles. The standard InChI is InChI=1S/C12H9FN2O2/c1-8-4-10(15-17-8)7-16-11-3-2-9(6-14)12(13)5-11/h2-5H,7H2,1H3. The summed E-state index contributed by atoms with van der Waals surface area (Å²) >= 11 is 0. The summed E-state index contributed by atoms with van der Waals surface area (Å²) in [6.45, 7) is 1.97. The highest BCUT2D eigenvalue weighted by Gasteiger charge is 2.05. The molecular weight excluding hydrogens is 223 g/mol. The van der Waals surface area contributed by atoms with Crippen molar-refractivity contribution >= 4 is 0 Å². The van der Waals surface area contributed by atoms with Crippen LogP contribution >= 0.6 is 0 Å². The van der Waals surface area contributed by atoms with Gasteiger partial charge in [0, 0.05) is 12.1 Å². The van der Waals surface area contributed by atoms with Gasteiger partial charge in [0.15, 0.2) is 0 Å². The molecule has 0 fully saturated rings. The highest BCUT2D eigenvalue weighted by atomic mass is 19.1. The number of hydrogen-bond donors (Lipinski definition) is 0.